The Labute approximate surface area is 119 Å². The molecule has 21 heavy (non-hydrogen) atoms. The second-order valence-corrected chi connectivity index (χ2v) is 4.69. The van der Waals surface area contributed by atoms with Crippen LogP contribution in [0.3, 0.4) is 0 Å². The molecule has 6 heteroatoms. The molecule has 3 aromatic rings. The van der Waals surface area contributed by atoms with Crippen LogP contribution in [0.5, 0.6) is 5.75 Å². The fraction of sp³-hybridized carbons (Fsp3) is 0.133. The Morgan fingerprint density at radius 2 is 1.95 bits per heavy atom. The molecule has 0 spiro atoms. The number of aromatic nitrogens is 2. The number of nitrogens with two attached hydrogens (primary N) is 1. The van der Waals surface area contributed by atoms with Crippen LogP contribution >= 0.6 is 0 Å². The van der Waals surface area contributed by atoms with Gasteiger partial charge in [-0.3, -0.25) is 4.57 Å². The highest BCUT2D eigenvalue weighted by Gasteiger charge is 2.17. The zero-order valence-corrected chi connectivity index (χ0v) is 11.5. The number of fused-ring (bicyclic) bond motifs is 1. The molecule has 2 aromatic carbocycles. The molecular weight excluding hydrogens is 276 g/mol. The van der Waals surface area contributed by atoms with Crippen molar-refractivity contribution in [2.45, 2.75) is 6.92 Å². The molecule has 0 aliphatic rings. The first-order valence-corrected chi connectivity index (χ1v) is 6.30. The van der Waals surface area contributed by atoms with Gasteiger partial charge in [0, 0.05) is 5.69 Å². The largest absolute Gasteiger partial charge is 0.496 e. The number of rotatable bonds is 2. The fourth-order valence-electron chi connectivity index (χ4n) is 2.38. The first-order valence-electron chi connectivity index (χ1n) is 6.30. The topological polar surface area (TPSA) is 53.1 Å². The van der Waals surface area contributed by atoms with Gasteiger partial charge in [0.15, 0.2) is 11.6 Å². The molecule has 0 saturated heterocycles. The minimum absolute atomic E-state index is 0.0251. The van der Waals surface area contributed by atoms with Crippen LogP contribution in [0.4, 0.5) is 14.7 Å². The van der Waals surface area contributed by atoms with E-state index in [9.17, 15) is 8.78 Å². The van der Waals surface area contributed by atoms with Crippen LogP contribution in [0.15, 0.2) is 30.3 Å². The van der Waals surface area contributed by atoms with Gasteiger partial charge in [0.2, 0.25) is 5.95 Å². The number of aryl methyl sites for hydroxylation is 1. The average Bonchev–Trinajstić information content (AvgIpc) is 2.80. The van der Waals surface area contributed by atoms with E-state index in [-0.39, 0.29) is 11.5 Å². The van der Waals surface area contributed by atoms with Gasteiger partial charge in [-0.05, 0) is 42.8 Å². The average molecular weight is 289 g/mol. The summed E-state index contributed by atoms with van der Waals surface area (Å²) in [4.78, 5) is 4.07. The highest BCUT2D eigenvalue weighted by atomic mass is 19.2. The smallest absolute Gasteiger partial charge is 0.206 e. The highest BCUT2D eigenvalue weighted by Crippen LogP contribution is 2.29. The summed E-state index contributed by atoms with van der Waals surface area (Å²) in [7, 11) is 1.57. The number of methoxy groups -OCH3 is 1. The van der Waals surface area contributed by atoms with Gasteiger partial charge in [-0.1, -0.05) is 0 Å². The lowest BCUT2D eigenvalue weighted by atomic mass is 10.2. The summed E-state index contributed by atoms with van der Waals surface area (Å²) in [5.74, 6) is -1.11. The van der Waals surface area contributed by atoms with E-state index in [0.717, 1.165) is 11.6 Å². The molecule has 3 rings (SSSR count). The lowest BCUT2D eigenvalue weighted by molar-refractivity contribution is 0.411. The summed E-state index contributed by atoms with van der Waals surface area (Å²) in [6.07, 6.45) is 0. The van der Waals surface area contributed by atoms with Crippen molar-refractivity contribution in [1.29, 1.82) is 0 Å². The molecule has 1 aromatic heterocycles. The van der Waals surface area contributed by atoms with E-state index in [0.29, 0.717) is 17.0 Å². The summed E-state index contributed by atoms with van der Waals surface area (Å²) in [5.41, 5.74) is 7.64. The quantitative estimate of drug-likeness (QED) is 0.788. The summed E-state index contributed by atoms with van der Waals surface area (Å²) < 4.78 is 34.1. The molecule has 0 atom stereocenters. The number of halogens is 2. The zero-order valence-electron chi connectivity index (χ0n) is 11.5. The van der Waals surface area contributed by atoms with E-state index in [4.69, 9.17) is 10.5 Å². The number of ether oxygens (including phenoxy) is 1. The normalized spacial score (nSPS) is 11.0. The molecule has 0 aliphatic heterocycles. The second-order valence-electron chi connectivity index (χ2n) is 4.69. The van der Waals surface area contributed by atoms with Crippen LogP contribution in [-0.4, -0.2) is 16.7 Å². The first-order chi connectivity index (χ1) is 10.0. The van der Waals surface area contributed by atoms with Gasteiger partial charge >= 0.3 is 0 Å². The van der Waals surface area contributed by atoms with E-state index in [1.807, 2.05) is 6.92 Å². The molecule has 108 valence electrons. The molecule has 2 N–H and O–H groups in total. The Bertz CT molecular complexity index is 843. The lowest BCUT2D eigenvalue weighted by Gasteiger charge is -2.10. The van der Waals surface area contributed by atoms with Crippen LogP contribution in [-0.2, 0) is 0 Å². The molecule has 4 nitrogen and oxygen atoms in total. The van der Waals surface area contributed by atoms with Crippen molar-refractivity contribution in [3.05, 3.63) is 47.5 Å². The number of nitrogens with zero attached hydrogens (tertiary/aromatic N) is 2. The predicted molar refractivity (Wildman–Crippen MR) is 76.7 cm³/mol. The third-order valence-electron chi connectivity index (χ3n) is 3.37. The second kappa shape index (κ2) is 4.73. The van der Waals surface area contributed by atoms with Gasteiger partial charge in [0.1, 0.15) is 11.3 Å². The van der Waals surface area contributed by atoms with Crippen molar-refractivity contribution >= 4 is 17.0 Å². The minimum Gasteiger partial charge on any atom is -0.496 e. The molecule has 1 heterocycles. The van der Waals surface area contributed by atoms with E-state index >= 15 is 0 Å². The minimum atomic E-state index is -0.967. The Kier molecular flexibility index (Phi) is 3.01. The summed E-state index contributed by atoms with van der Waals surface area (Å²) in [6.45, 7) is 1.86. The van der Waals surface area contributed by atoms with E-state index in [1.54, 1.807) is 25.3 Å². The van der Waals surface area contributed by atoms with Crippen LogP contribution in [0.1, 0.15) is 5.56 Å². The number of imidazole rings is 1. The Balaban J connectivity index is 2.32. The van der Waals surface area contributed by atoms with Gasteiger partial charge in [0.05, 0.1) is 12.6 Å². The summed E-state index contributed by atoms with van der Waals surface area (Å²) >= 11 is 0. The Morgan fingerprint density at radius 3 is 2.62 bits per heavy atom. The maximum absolute atomic E-state index is 14.1. The number of nitrogen functional groups attached to an aromatic ring is 1. The van der Waals surface area contributed by atoms with Crippen molar-refractivity contribution in [2.24, 2.45) is 0 Å². The van der Waals surface area contributed by atoms with Gasteiger partial charge in [-0.25, -0.2) is 13.8 Å². The van der Waals surface area contributed by atoms with Crippen LogP contribution in [0.25, 0.3) is 16.7 Å². The van der Waals surface area contributed by atoms with Gasteiger partial charge < -0.3 is 10.5 Å². The monoisotopic (exact) mass is 289 g/mol. The van der Waals surface area contributed by atoms with E-state index in [1.165, 1.54) is 10.6 Å². The SMILES string of the molecule is COc1ccc(-n2c(N)nc3ccc(F)c(F)c32)cc1C. The van der Waals surface area contributed by atoms with Gasteiger partial charge in [-0.2, -0.15) is 0 Å². The number of benzene rings is 2. The van der Waals surface area contributed by atoms with E-state index in [2.05, 4.69) is 4.98 Å². The van der Waals surface area contributed by atoms with Crippen molar-refractivity contribution < 1.29 is 13.5 Å². The third kappa shape index (κ3) is 1.99. The van der Waals surface area contributed by atoms with Crippen LogP contribution in [0, 0.1) is 18.6 Å². The Hall–Kier alpha value is -2.63. The van der Waals surface area contributed by atoms with Crippen molar-refractivity contribution in [3.63, 3.8) is 0 Å². The maximum atomic E-state index is 14.1. The van der Waals surface area contributed by atoms with Crippen molar-refractivity contribution in [2.75, 3.05) is 12.8 Å². The van der Waals surface area contributed by atoms with Crippen molar-refractivity contribution in [3.8, 4) is 11.4 Å². The van der Waals surface area contributed by atoms with Crippen LogP contribution in [0.2, 0.25) is 0 Å². The summed E-state index contributed by atoms with van der Waals surface area (Å²) in [5, 5.41) is 0. The standard InChI is InChI=1S/C15H13F2N3O/c1-8-7-9(3-6-12(8)21-2)20-14-11(19-15(20)18)5-4-10(16)13(14)17/h3-7H,1-2H3,(H2,18,19). The molecule has 0 fully saturated rings. The number of hydrogen-bond donors (Lipinski definition) is 1. The fourth-order valence-corrected chi connectivity index (χ4v) is 2.38. The molecule has 0 saturated carbocycles. The number of hydrogen-bond acceptors (Lipinski definition) is 3. The predicted octanol–water partition coefficient (Wildman–Crippen LogP) is 3.20. The molecule has 0 radical (unpaired) electrons. The molecule has 0 aliphatic carbocycles. The zero-order chi connectivity index (χ0) is 15.1. The maximum Gasteiger partial charge on any atom is 0.206 e. The van der Waals surface area contributed by atoms with Gasteiger partial charge in [0.25, 0.3) is 0 Å². The summed E-state index contributed by atoms with van der Waals surface area (Å²) in [6, 6.07) is 7.67. The molecule has 0 unspecified atom stereocenters. The van der Waals surface area contributed by atoms with E-state index < -0.39 is 11.6 Å². The Morgan fingerprint density at radius 1 is 1.19 bits per heavy atom. The molecule has 0 amide bonds. The molecular formula is C15H13F2N3O. The van der Waals surface area contributed by atoms with Crippen LogP contribution < -0.4 is 10.5 Å². The number of anilines is 1. The first kappa shape index (κ1) is 13.4. The lowest BCUT2D eigenvalue weighted by Crippen LogP contribution is -2.03. The van der Waals surface area contributed by atoms with Crippen molar-refractivity contribution in [1.82, 2.24) is 9.55 Å². The molecule has 0 bridgehead atoms. The third-order valence-corrected chi connectivity index (χ3v) is 3.37. The highest BCUT2D eigenvalue weighted by molar-refractivity contribution is 5.81. The van der Waals surface area contributed by atoms with Gasteiger partial charge in [-0.15, -0.1) is 0 Å².